The lowest BCUT2D eigenvalue weighted by Crippen LogP contribution is -2.11. The molecule has 3 aromatic rings. The van der Waals surface area contributed by atoms with E-state index in [9.17, 15) is 4.79 Å². The van der Waals surface area contributed by atoms with E-state index in [1.54, 1.807) is 24.3 Å². The van der Waals surface area contributed by atoms with E-state index in [1.807, 2.05) is 30.3 Å². The molecule has 0 aliphatic carbocycles. The second-order valence-corrected chi connectivity index (χ2v) is 5.18. The predicted octanol–water partition coefficient (Wildman–Crippen LogP) is 4.26. The fourth-order valence-electron chi connectivity index (χ4n) is 2.09. The number of hydrogen-bond acceptors (Lipinski definition) is 4. The third-order valence-corrected chi connectivity index (χ3v) is 3.45. The molecular formula is C17H13ClN2O3. The highest BCUT2D eigenvalue weighted by Crippen LogP contribution is 2.28. The van der Waals surface area contributed by atoms with E-state index in [2.05, 4.69) is 10.5 Å². The fraction of sp³-hybridized carbons (Fsp3) is 0.0588. The smallest absolute Gasteiger partial charge is 0.294 e. The number of ether oxygens (including phenoxy) is 1. The summed E-state index contributed by atoms with van der Waals surface area (Å²) in [6.07, 6.45) is 0. The number of halogens is 1. The zero-order valence-corrected chi connectivity index (χ0v) is 13.0. The molecule has 2 aromatic carbocycles. The average Bonchev–Trinajstić information content (AvgIpc) is 3.06. The standard InChI is InChI=1S/C17H13ClN2O3/c1-22-15-8-7-12(18)9-14(15)19-17(21)16-10-13(20-23-16)11-5-3-2-4-6-11/h2-10H,1H3,(H,19,21). The van der Waals surface area contributed by atoms with E-state index in [1.165, 1.54) is 7.11 Å². The van der Waals surface area contributed by atoms with Crippen LogP contribution in [0.4, 0.5) is 5.69 Å². The van der Waals surface area contributed by atoms with Crippen molar-refractivity contribution >= 4 is 23.2 Å². The number of amides is 1. The summed E-state index contributed by atoms with van der Waals surface area (Å²) in [6.45, 7) is 0. The van der Waals surface area contributed by atoms with Gasteiger partial charge in [0.1, 0.15) is 11.4 Å². The molecule has 5 nitrogen and oxygen atoms in total. The summed E-state index contributed by atoms with van der Waals surface area (Å²) in [4.78, 5) is 12.3. The molecule has 1 N–H and O–H groups in total. The van der Waals surface area contributed by atoms with Crippen molar-refractivity contribution in [1.82, 2.24) is 5.16 Å². The second-order valence-electron chi connectivity index (χ2n) is 4.74. The van der Waals surface area contributed by atoms with Gasteiger partial charge in [-0.25, -0.2) is 0 Å². The van der Waals surface area contributed by atoms with E-state index in [-0.39, 0.29) is 5.76 Å². The topological polar surface area (TPSA) is 64.4 Å². The van der Waals surface area contributed by atoms with Gasteiger partial charge >= 0.3 is 0 Å². The molecule has 0 atom stereocenters. The molecule has 0 radical (unpaired) electrons. The van der Waals surface area contributed by atoms with Crippen LogP contribution in [0, 0.1) is 0 Å². The van der Waals surface area contributed by atoms with Crippen LogP contribution in [0.3, 0.4) is 0 Å². The number of methoxy groups -OCH3 is 1. The first-order chi connectivity index (χ1) is 11.2. The van der Waals surface area contributed by atoms with E-state index in [4.69, 9.17) is 20.9 Å². The van der Waals surface area contributed by atoms with Crippen LogP contribution in [-0.4, -0.2) is 18.2 Å². The Kier molecular flexibility index (Phi) is 4.30. The van der Waals surface area contributed by atoms with Crippen LogP contribution < -0.4 is 10.1 Å². The number of carbonyl (C=O) groups is 1. The van der Waals surface area contributed by atoms with Gasteiger partial charge in [-0.3, -0.25) is 4.79 Å². The first kappa shape index (κ1) is 15.1. The minimum Gasteiger partial charge on any atom is -0.495 e. The molecule has 3 rings (SSSR count). The van der Waals surface area contributed by atoms with Gasteiger partial charge in [0, 0.05) is 16.7 Å². The van der Waals surface area contributed by atoms with Crippen LogP contribution in [0.25, 0.3) is 11.3 Å². The van der Waals surface area contributed by atoms with Gasteiger partial charge in [0.2, 0.25) is 5.76 Å². The van der Waals surface area contributed by atoms with Crippen molar-refractivity contribution in [2.24, 2.45) is 0 Å². The molecule has 0 spiro atoms. The first-order valence-corrected chi connectivity index (χ1v) is 7.22. The van der Waals surface area contributed by atoms with E-state index in [0.29, 0.717) is 22.2 Å². The molecule has 1 amide bonds. The fourth-order valence-corrected chi connectivity index (χ4v) is 2.26. The van der Waals surface area contributed by atoms with Gasteiger partial charge in [0.05, 0.1) is 12.8 Å². The molecular weight excluding hydrogens is 316 g/mol. The summed E-state index contributed by atoms with van der Waals surface area (Å²) < 4.78 is 10.3. The zero-order chi connectivity index (χ0) is 16.2. The van der Waals surface area contributed by atoms with Crippen LogP contribution in [-0.2, 0) is 0 Å². The summed E-state index contributed by atoms with van der Waals surface area (Å²) in [5.41, 5.74) is 1.92. The van der Waals surface area contributed by atoms with Crippen LogP contribution in [0.5, 0.6) is 5.75 Å². The molecule has 6 heteroatoms. The Hall–Kier alpha value is -2.79. The molecule has 0 aliphatic rings. The first-order valence-electron chi connectivity index (χ1n) is 6.84. The maximum atomic E-state index is 12.3. The Morgan fingerprint density at radius 1 is 1.17 bits per heavy atom. The number of anilines is 1. The Bertz CT molecular complexity index is 831. The van der Waals surface area contributed by atoms with Crippen molar-refractivity contribution in [2.75, 3.05) is 12.4 Å². The Labute approximate surface area is 137 Å². The van der Waals surface area contributed by atoms with Crippen molar-refractivity contribution in [1.29, 1.82) is 0 Å². The quantitative estimate of drug-likeness (QED) is 0.777. The van der Waals surface area contributed by atoms with Gasteiger partial charge in [0.25, 0.3) is 5.91 Å². The van der Waals surface area contributed by atoms with E-state index < -0.39 is 5.91 Å². The van der Waals surface area contributed by atoms with Crippen LogP contribution in [0.1, 0.15) is 10.6 Å². The van der Waals surface area contributed by atoms with Gasteiger partial charge in [0.15, 0.2) is 0 Å². The summed E-state index contributed by atoms with van der Waals surface area (Å²) in [5.74, 6) is 0.177. The average molecular weight is 329 g/mol. The number of rotatable bonds is 4. The third kappa shape index (κ3) is 3.35. The maximum absolute atomic E-state index is 12.3. The minimum atomic E-state index is -0.430. The molecule has 1 heterocycles. The summed E-state index contributed by atoms with van der Waals surface area (Å²) in [6, 6.07) is 16.0. The second kappa shape index (κ2) is 6.54. The normalized spacial score (nSPS) is 10.3. The summed E-state index contributed by atoms with van der Waals surface area (Å²) >= 11 is 5.94. The predicted molar refractivity (Wildman–Crippen MR) is 87.9 cm³/mol. The van der Waals surface area contributed by atoms with Crippen molar-refractivity contribution < 1.29 is 14.1 Å². The van der Waals surface area contributed by atoms with Crippen LogP contribution >= 0.6 is 11.6 Å². The molecule has 0 saturated heterocycles. The van der Waals surface area contributed by atoms with Crippen molar-refractivity contribution in [2.45, 2.75) is 0 Å². The molecule has 1 aromatic heterocycles. The van der Waals surface area contributed by atoms with Crippen molar-refractivity contribution in [3.05, 3.63) is 65.4 Å². The third-order valence-electron chi connectivity index (χ3n) is 3.21. The molecule has 0 bridgehead atoms. The van der Waals surface area contributed by atoms with Gasteiger partial charge in [-0.15, -0.1) is 0 Å². The lowest BCUT2D eigenvalue weighted by atomic mass is 10.1. The molecule has 116 valence electrons. The number of carbonyl (C=O) groups excluding carboxylic acids is 1. The maximum Gasteiger partial charge on any atom is 0.294 e. The highest BCUT2D eigenvalue weighted by atomic mass is 35.5. The van der Waals surface area contributed by atoms with Gasteiger partial charge < -0.3 is 14.6 Å². The Morgan fingerprint density at radius 3 is 2.70 bits per heavy atom. The lowest BCUT2D eigenvalue weighted by molar-refractivity contribution is 0.0987. The summed E-state index contributed by atoms with van der Waals surface area (Å²) in [5, 5.41) is 7.11. The molecule has 23 heavy (non-hydrogen) atoms. The lowest BCUT2D eigenvalue weighted by Gasteiger charge is -2.09. The van der Waals surface area contributed by atoms with Crippen LogP contribution in [0.15, 0.2) is 59.1 Å². The molecule has 0 unspecified atom stereocenters. The largest absolute Gasteiger partial charge is 0.495 e. The van der Waals surface area contributed by atoms with Crippen LogP contribution in [0.2, 0.25) is 5.02 Å². The van der Waals surface area contributed by atoms with Gasteiger partial charge in [-0.05, 0) is 18.2 Å². The monoisotopic (exact) mass is 328 g/mol. The van der Waals surface area contributed by atoms with Crippen molar-refractivity contribution in [3.63, 3.8) is 0 Å². The molecule has 0 fully saturated rings. The number of benzene rings is 2. The van der Waals surface area contributed by atoms with Crippen molar-refractivity contribution in [3.8, 4) is 17.0 Å². The number of nitrogens with zero attached hydrogens (tertiary/aromatic N) is 1. The van der Waals surface area contributed by atoms with Gasteiger partial charge in [-0.1, -0.05) is 47.1 Å². The number of aromatic nitrogens is 1. The van der Waals surface area contributed by atoms with E-state index in [0.717, 1.165) is 5.56 Å². The highest BCUT2D eigenvalue weighted by molar-refractivity contribution is 6.31. The zero-order valence-electron chi connectivity index (χ0n) is 12.2. The number of hydrogen-bond donors (Lipinski definition) is 1. The Balaban J connectivity index is 1.82. The SMILES string of the molecule is COc1ccc(Cl)cc1NC(=O)c1cc(-c2ccccc2)no1. The Morgan fingerprint density at radius 2 is 1.96 bits per heavy atom. The summed E-state index contributed by atoms with van der Waals surface area (Å²) in [7, 11) is 1.51. The molecule has 0 saturated carbocycles. The highest BCUT2D eigenvalue weighted by Gasteiger charge is 2.16. The van der Waals surface area contributed by atoms with Gasteiger partial charge in [-0.2, -0.15) is 0 Å². The number of nitrogens with one attached hydrogen (secondary N) is 1. The van der Waals surface area contributed by atoms with E-state index >= 15 is 0 Å². The molecule has 0 aliphatic heterocycles. The minimum absolute atomic E-state index is 0.103.